The maximum absolute atomic E-state index is 12.0. The number of carbonyl (C=O) groups is 1. The van der Waals surface area contributed by atoms with Crippen molar-refractivity contribution in [2.24, 2.45) is 5.92 Å². The summed E-state index contributed by atoms with van der Waals surface area (Å²) < 4.78 is 5.70. The van der Waals surface area contributed by atoms with Gasteiger partial charge in [0.15, 0.2) is 11.7 Å². The Morgan fingerprint density at radius 1 is 1.36 bits per heavy atom. The topological polar surface area (TPSA) is 46.3 Å². The van der Waals surface area contributed by atoms with Gasteiger partial charge in [0.1, 0.15) is 0 Å². The Balaban J connectivity index is 1.96. The highest BCUT2D eigenvalue weighted by atomic mass is 35.5. The largest absolute Gasteiger partial charge is 0.441 e. The number of benzene rings is 1. The van der Waals surface area contributed by atoms with Gasteiger partial charge in [-0.05, 0) is 18.1 Å². The molecule has 0 fully saturated rings. The summed E-state index contributed by atoms with van der Waals surface area (Å²) in [7, 11) is 1.83. The van der Waals surface area contributed by atoms with Crippen LogP contribution >= 0.6 is 11.6 Å². The first-order valence-corrected chi connectivity index (χ1v) is 7.78. The number of oxazole rings is 1. The lowest BCUT2D eigenvalue weighted by Gasteiger charge is -2.18. The molecular formula is C17H21ClN2O2. The lowest BCUT2D eigenvalue weighted by Crippen LogP contribution is -2.30. The van der Waals surface area contributed by atoms with E-state index in [1.54, 1.807) is 11.1 Å². The number of hydrogen-bond acceptors (Lipinski definition) is 3. The van der Waals surface area contributed by atoms with Crippen LogP contribution in [0.2, 0.25) is 5.02 Å². The molecule has 0 aliphatic carbocycles. The number of amides is 1. The molecule has 2 rings (SSSR count). The van der Waals surface area contributed by atoms with Gasteiger partial charge in [0.05, 0.1) is 11.2 Å². The van der Waals surface area contributed by atoms with E-state index in [4.69, 9.17) is 16.0 Å². The number of nitrogens with zero attached hydrogens (tertiary/aromatic N) is 2. The maximum atomic E-state index is 12.0. The summed E-state index contributed by atoms with van der Waals surface area (Å²) in [5.74, 6) is 1.75. The van der Waals surface area contributed by atoms with E-state index in [0.717, 1.165) is 12.1 Å². The number of aromatic nitrogens is 1. The SMILES string of the molecule is CC(C)CN(C)C(=O)CCc1ncc(-c2ccccc2Cl)o1. The van der Waals surface area contributed by atoms with Crippen molar-refractivity contribution in [1.82, 2.24) is 9.88 Å². The van der Waals surface area contributed by atoms with E-state index in [-0.39, 0.29) is 5.91 Å². The highest BCUT2D eigenvalue weighted by molar-refractivity contribution is 6.33. The zero-order valence-electron chi connectivity index (χ0n) is 13.2. The van der Waals surface area contributed by atoms with Crippen molar-refractivity contribution in [2.45, 2.75) is 26.7 Å². The number of carbonyl (C=O) groups excluding carboxylic acids is 1. The molecular weight excluding hydrogens is 300 g/mol. The van der Waals surface area contributed by atoms with Crippen molar-refractivity contribution in [2.75, 3.05) is 13.6 Å². The molecule has 1 aromatic carbocycles. The maximum Gasteiger partial charge on any atom is 0.222 e. The molecule has 0 unspecified atom stereocenters. The zero-order valence-corrected chi connectivity index (χ0v) is 13.9. The summed E-state index contributed by atoms with van der Waals surface area (Å²) in [5, 5.41) is 0.623. The van der Waals surface area contributed by atoms with Crippen LogP contribution in [0.1, 0.15) is 26.2 Å². The molecule has 0 saturated carbocycles. The molecule has 0 bridgehead atoms. The molecule has 4 nitrogen and oxygen atoms in total. The number of aryl methyl sites for hydroxylation is 1. The highest BCUT2D eigenvalue weighted by Gasteiger charge is 2.13. The van der Waals surface area contributed by atoms with Crippen LogP contribution in [0.5, 0.6) is 0 Å². The fourth-order valence-corrected chi connectivity index (χ4v) is 2.49. The minimum absolute atomic E-state index is 0.103. The average Bonchev–Trinajstić information content (AvgIpc) is 2.93. The van der Waals surface area contributed by atoms with Gasteiger partial charge in [-0.25, -0.2) is 4.98 Å². The van der Waals surface area contributed by atoms with Gasteiger partial charge in [-0.2, -0.15) is 0 Å². The Labute approximate surface area is 136 Å². The third-order valence-electron chi connectivity index (χ3n) is 3.31. The lowest BCUT2D eigenvalue weighted by atomic mass is 10.2. The molecule has 1 aromatic heterocycles. The summed E-state index contributed by atoms with van der Waals surface area (Å²) in [6, 6.07) is 7.46. The van der Waals surface area contributed by atoms with Crippen LogP contribution in [-0.4, -0.2) is 29.4 Å². The normalized spacial score (nSPS) is 11.0. The summed E-state index contributed by atoms with van der Waals surface area (Å²) >= 11 is 6.14. The van der Waals surface area contributed by atoms with E-state index in [1.165, 1.54) is 0 Å². The molecule has 5 heteroatoms. The molecule has 0 aliphatic rings. The third kappa shape index (κ3) is 4.34. The third-order valence-corrected chi connectivity index (χ3v) is 3.64. The minimum Gasteiger partial charge on any atom is -0.441 e. The minimum atomic E-state index is 0.103. The molecule has 0 spiro atoms. The summed E-state index contributed by atoms with van der Waals surface area (Å²) in [6.07, 6.45) is 2.54. The predicted octanol–water partition coefficient (Wildman–Crippen LogP) is 4.04. The Kier molecular flexibility index (Phi) is 5.61. The smallest absolute Gasteiger partial charge is 0.222 e. The van der Waals surface area contributed by atoms with Gasteiger partial charge in [0.25, 0.3) is 0 Å². The van der Waals surface area contributed by atoms with Crippen LogP contribution in [0.25, 0.3) is 11.3 Å². The fourth-order valence-electron chi connectivity index (χ4n) is 2.27. The van der Waals surface area contributed by atoms with Crippen molar-refractivity contribution < 1.29 is 9.21 Å². The fraction of sp³-hybridized carbons (Fsp3) is 0.412. The first-order chi connectivity index (χ1) is 10.5. The van der Waals surface area contributed by atoms with E-state index >= 15 is 0 Å². The second-order valence-electron chi connectivity index (χ2n) is 5.77. The van der Waals surface area contributed by atoms with Crippen LogP contribution in [-0.2, 0) is 11.2 Å². The van der Waals surface area contributed by atoms with E-state index in [0.29, 0.717) is 35.4 Å². The van der Waals surface area contributed by atoms with Crippen LogP contribution < -0.4 is 0 Å². The van der Waals surface area contributed by atoms with Crippen molar-refractivity contribution in [3.8, 4) is 11.3 Å². The van der Waals surface area contributed by atoms with Crippen molar-refractivity contribution >= 4 is 17.5 Å². The van der Waals surface area contributed by atoms with E-state index in [1.807, 2.05) is 31.3 Å². The van der Waals surface area contributed by atoms with Gasteiger partial charge in [-0.3, -0.25) is 4.79 Å². The first kappa shape index (κ1) is 16.6. The quantitative estimate of drug-likeness (QED) is 0.807. The van der Waals surface area contributed by atoms with Gasteiger partial charge >= 0.3 is 0 Å². The summed E-state index contributed by atoms with van der Waals surface area (Å²) in [4.78, 5) is 18.0. The molecule has 0 saturated heterocycles. The van der Waals surface area contributed by atoms with E-state index < -0.39 is 0 Å². The molecule has 118 valence electrons. The number of hydrogen-bond donors (Lipinski definition) is 0. The second kappa shape index (κ2) is 7.45. The summed E-state index contributed by atoms with van der Waals surface area (Å²) in [5.41, 5.74) is 0.811. The molecule has 22 heavy (non-hydrogen) atoms. The molecule has 1 amide bonds. The molecule has 1 heterocycles. The Morgan fingerprint density at radius 2 is 2.09 bits per heavy atom. The standard InChI is InChI=1S/C17H21ClN2O2/c1-12(2)11-20(3)17(21)9-8-16-19-10-15(22-16)13-6-4-5-7-14(13)18/h4-7,10,12H,8-9,11H2,1-3H3. The van der Waals surface area contributed by atoms with Gasteiger partial charge < -0.3 is 9.32 Å². The van der Waals surface area contributed by atoms with Gasteiger partial charge in [-0.15, -0.1) is 0 Å². The van der Waals surface area contributed by atoms with Crippen molar-refractivity contribution in [3.63, 3.8) is 0 Å². The Bertz CT molecular complexity index is 637. The second-order valence-corrected chi connectivity index (χ2v) is 6.17. The molecule has 0 atom stereocenters. The summed E-state index contributed by atoms with van der Waals surface area (Å²) in [6.45, 7) is 4.94. The zero-order chi connectivity index (χ0) is 16.1. The van der Waals surface area contributed by atoms with Gasteiger partial charge in [0, 0.05) is 32.0 Å². The Hall–Kier alpha value is -1.81. The molecule has 2 aromatic rings. The monoisotopic (exact) mass is 320 g/mol. The van der Waals surface area contributed by atoms with E-state index in [2.05, 4.69) is 18.8 Å². The molecule has 0 N–H and O–H groups in total. The number of rotatable bonds is 6. The number of halogens is 1. The van der Waals surface area contributed by atoms with E-state index in [9.17, 15) is 4.79 Å². The van der Waals surface area contributed by atoms with Crippen molar-refractivity contribution in [3.05, 3.63) is 41.4 Å². The van der Waals surface area contributed by atoms with Crippen LogP contribution in [0.4, 0.5) is 0 Å². The highest BCUT2D eigenvalue weighted by Crippen LogP contribution is 2.28. The van der Waals surface area contributed by atoms with Gasteiger partial charge in [-0.1, -0.05) is 37.6 Å². The van der Waals surface area contributed by atoms with Crippen LogP contribution in [0.3, 0.4) is 0 Å². The first-order valence-electron chi connectivity index (χ1n) is 7.41. The van der Waals surface area contributed by atoms with Crippen LogP contribution in [0.15, 0.2) is 34.9 Å². The van der Waals surface area contributed by atoms with Gasteiger partial charge in [0.2, 0.25) is 5.91 Å². The predicted molar refractivity (Wildman–Crippen MR) is 87.7 cm³/mol. The Morgan fingerprint density at radius 3 is 2.77 bits per heavy atom. The van der Waals surface area contributed by atoms with Crippen molar-refractivity contribution in [1.29, 1.82) is 0 Å². The molecule has 0 radical (unpaired) electrons. The van der Waals surface area contributed by atoms with Crippen LogP contribution in [0, 0.1) is 5.92 Å². The lowest BCUT2D eigenvalue weighted by molar-refractivity contribution is -0.130. The molecule has 0 aliphatic heterocycles. The average molecular weight is 321 g/mol.